The van der Waals surface area contributed by atoms with Crippen molar-refractivity contribution in [2.24, 2.45) is 0 Å². The third-order valence-corrected chi connectivity index (χ3v) is 4.13. The van der Waals surface area contributed by atoms with E-state index in [0.717, 1.165) is 11.3 Å². The van der Waals surface area contributed by atoms with Crippen molar-refractivity contribution in [1.29, 1.82) is 0 Å². The van der Waals surface area contributed by atoms with Crippen molar-refractivity contribution in [1.82, 2.24) is 9.78 Å². The number of carbonyl (C=O) groups is 1. The highest BCUT2D eigenvalue weighted by Gasteiger charge is 2.10. The number of aromatic amines is 1. The van der Waals surface area contributed by atoms with Gasteiger partial charge in [0.1, 0.15) is 4.88 Å². The molecule has 3 aromatic rings. The van der Waals surface area contributed by atoms with Gasteiger partial charge in [-0.15, -0.1) is 11.3 Å². The van der Waals surface area contributed by atoms with Crippen molar-refractivity contribution in [3.05, 3.63) is 66.9 Å². The van der Waals surface area contributed by atoms with E-state index in [-0.39, 0.29) is 22.5 Å². The van der Waals surface area contributed by atoms with Crippen LogP contribution in [0.15, 0.2) is 46.0 Å². The number of rotatable bonds is 3. The van der Waals surface area contributed by atoms with E-state index in [4.69, 9.17) is 5.11 Å². The first-order chi connectivity index (χ1) is 10.1. The maximum Gasteiger partial charge on any atom is 0.345 e. The van der Waals surface area contributed by atoms with Crippen LogP contribution in [0.2, 0.25) is 0 Å². The van der Waals surface area contributed by atoms with E-state index in [2.05, 4.69) is 5.10 Å². The summed E-state index contributed by atoms with van der Waals surface area (Å²) in [5.74, 6) is -1.01. The molecule has 0 atom stereocenters. The van der Waals surface area contributed by atoms with Gasteiger partial charge in [-0.25, -0.2) is 9.48 Å². The third-order valence-electron chi connectivity index (χ3n) is 3.07. The number of nitrogens with one attached hydrogen (secondary N) is 1. The van der Waals surface area contributed by atoms with Crippen LogP contribution in [0.1, 0.15) is 14.5 Å². The average molecular weight is 302 g/mol. The highest BCUT2D eigenvalue weighted by Crippen LogP contribution is 2.16. The molecule has 106 valence electrons. The van der Waals surface area contributed by atoms with E-state index >= 15 is 0 Å². The minimum absolute atomic E-state index is 0.136. The maximum absolute atomic E-state index is 12.3. The fraction of sp³-hybridized carbons (Fsp3) is 0.0714. The molecule has 21 heavy (non-hydrogen) atoms. The predicted molar refractivity (Wildman–Crippen MR) is 79.2 cm³/mol. The standard InChI is InChI=1S/C14H10N2O4S/c17-12-9-3-1-2-4-10(9)13(18)16(15-12)7-8-5-6-11(21-8)14(19)20/h1-6H,7H2,(H,15,17)(H,19,20). The number of carboxylic acid groups (broad SMARTS) is 1. The first kappa shape index (κ1) is 13.3. The number of aromatic carboxylic acids is 1. The topological polar surface area (TPSA) is 92.2 Å². The molecule has 0 amide bonds. The van der Waals surface area contributed by atoms with Gasteiger partial charge in [-0.05, 0) is 24.3 Å². The number of nitrogens with zero attached hydrogens (tertiary/aromatic N) is 1. The molecular formula is C14H10N2O4S. The van der Waals surface area contributed by atoms with Crippen LogP contribution in [0.4, 0.5) is 0 Å². The molecule has 0 bridgehead atoms. The largest absolute Gasteiger partial charge is 0.477 e. The lowest BCUT2D eigenvalue weighted by Gasteiger charge is -2.05. The lowest BCUT2D eigenvalue weighted by atomic mass is 10.2. The molecule has 0 aliphatic carbocycles. The fourth-order valence-corrected chi connectivity index (χ4v) is 2.93. The summed E-state index contributed by atoms with van der Waals surface area (Å²) in [7, 11) is 0. The molecule has 0 aliphatic heterocycles. The van der Waals surface area contributed by atoms with Gasteiger partial charge in [0.2, 0.25) is 0 Å². The summed E-state index contributed by atoms with van der Waals surface area (Å²) < 4.78 is 1.20. The SMILES string of the molecule is O=C(O)c1ccc(Cn2[nH]c(=O)c3ccccc3c2=O)s1. The van der Waals surface area contributed by atoms with Crippen LogP contribution < -0.4 is 11.1 Å². The normalized spacial score (nSPS) is 10.9. The number of hydrogen-bond acceptors (Lipinski definition) is 4. The van der Waals surface area contributed by atoms with Gasteiger partial charge in [0, 0.05) is 4.88 Å². The molecule has 2 aromatic heterocycles. The Morgan fingerprint density at radius 2 is 1.86 bits per heavy atom. The molecule has 0 spiro atoms. The van der Waals surface area contributed by atoms with Crippen molar-refractivity contribution < 1.29 is 9.90 Å². The Morgan fingerprint density at radius 1 is 1.14 bits per heavy atom. The number of benzene rings is 1. The summed E-state index contributed by atoms with van der Waals surface area (Å²) >= 11 is 1.07. The second kappa shape index (κ2) is 5.02. The number of fused-ring (bicyclic) bond motifs is 1. The molecule has 0 aliphatic rings. The quantitative estimate of drug-likeness (QED) is 0.767. The summed E-state index contributed by atoms with van der Waals surface area (Å²) in [4.78, 5) is 36.0. The molecule has 0 unspecified atom stereocenters. The van der Waals surface area contributed by atoms with E-state index in [1.807, 2.05) is 0 Å². The number of hydrogen-bond donors (Lipinski definition) is 2. The van der Waals surface area contributed by atoms with Crippen LogP contribution >= 0.6 is 11.3 Å². The molecule has 0 radical (unpaired) electrons. The van der Waals surface area contributed by atoms with Crippen LogP contribution in [0.3, 0.4) is 0 Å². The molecule has 0 fully saturated rings. The maximum atomic E-state index is 12.3. The van der Waals surface area contributed by atoms with Gasteiger partial charge in [0.25, 0.3) is 11.1 Å². The van der Waals surface area contributed by atoms with Crippen molar-refractivity contribution >= 4 is 28.1 Å². The van der Waals surface area contributed by atoms with Gasteiger partial charge in [-0.2, -0.15) is 0 Å². The molecule has 0 saturated carbocycles. The van der Waals surface area contributed by atoms with Crippen LogP contribution in [0.5, 0.6) is 0 Å². The van der Waals surface area contributed by atoms with Gasteiger partial charge >= 0.3 is 5.97 Å². The van der Waals surface area contributed by atoms with Crippen LogP contribution in [0, 0.1) is 0 Å². The van der Waals surface area contributed by atoms with Gasteiger partial charge < -0.3 is 5.11 Å². The highest BCUT2D eigenvalue weighted by atomic mass is 32.1. The van der Waals surface area contributed by atoms with Crippen molar-refractivity contribution in [2.75, 3.05) is 0 Å². The number of aromatic nitrogens is 2. The average Bonchev–Trinajstić information content (AvgIpc) is 2.93. The summed E-state index contributed by atoms with van der Waals surface area (Å²) in [6.07, 6.45) is 0. The van der Waals surface area contributed by atoms with E-state index in [9.17, 15) is 14.4 Å². The van der Waals surface area contributed by atoms with E-state index in [0.29, 0.717) is 15.6 Å². The zero-order valence-electron chi connectivity index (χ0n) is 10.7. The van der Waals surface area contributed by atoms with Gasteiger partial charge in [0.05, 0.1) is 17.3 Å². The zero-order chi connectivity index (χ0) is 15.0. The van der Waals surface area contributed by atoms with Crippen molar-refractivity contribution in [3.63, 3.8) is 0 Å². The number of H-pyrrole nitrogens is 1. The molecule has 0 saturated heterocycles. The van der Waals surface area contributed by atoms with E-state index in [1.165, 1.54) is 10.7 Å². The Morgan fingerprint density at radius 3 is 2.52 bits per heavy atom. The summed E-state index contributed by atoms with van der Waals surface area (Å²) in [6, 6.07) is 9.69. The monoisotopic (exact) mass is 302 g/mol. The molecule has 2 heterocycles. The van der Waals surface area contributed by atoms with Crippen LogP contribution in [-0.2, 0) is 6.54 Å². The smallest absolute Gasteiger partial charge is 0.345 e. The van der Waals surface area contributed by atoms with Gasteiger partial charge in [-0.1, -0.05) is 12.1 Å². The summed E-state index contributed by atoms with van der Waals surface area (Å²) in [6.45, 7) is 0.136. The van der Waals surface area contributed by atoms with Gasteiger partial charge in [0.15, 0.2) is 0 Å². The molecule has 6 nitrogen and oxygen atoms in total. The van der Waals surface area contributed by atoms with E-state index < -0.39 is 5.97 Å². The van der Waals surface area contributed by atoms with Crippen molar-refractivity contribution in [2.45, 2.75) is 6.54 Å². The lowest BCUT2D eigenvalue weighted by Crippen LogP contribution is -2.29. The molecule has 7 heteroatoms. The Labute approximate surface area is 121 Å². The third kappa shape index (κ3) is 2.38. The minimum atomic E-state index is -1.01. The second-order valence-electron chi connectivity index (χ2n) is 4.45. The van der Waals surface area contributed by atoms with E-state index in [1.54, 1.807) is 30.3 Å². The first-order valence-corrected chi connectivity index (χ1v) is 6.92. The van der Waals surface area contributed by atoms with Crippen LogP contribution in [-0.4, -0.2) is 20.9 Å². The summed E-state index contributed by atoms with van der Waals surface area (Å²) in [5, 5.41) is 12.1. The summed E-state index contributed by atoms with van der Waals surface area (Å²) in [5.41, 5.74) is -0.657. The van der Waals surface area contributed by atoms with Gasteiger partial charge in [-0.3, -0.25) is 14.7 Å². The molecule has 3 rings (SSSR count). The Kier molecular flexibility index (Phi) is 3.19. The molecular weight excluding hydrogens is 292 g/mol. The van der Waals surface area contributed by atoms with Crippen molar-refractivity contribution in [3.8, 4) is 0 Å². The van der Waals surface area contributed by atoms with Crippen LogP contribution in [0.25, 0.3) is 10.8 Å². The number of thiophene rings is 1. The Hall–Kier alpha value is -2.67. The number of carboxylic acids is 1. The molecule has 1 aromatic carbocycles. The zero-order valence-corrected chi connectivity index (χ0v) is 11.5. The Balaban J connectivity index is 2.08. The lowest BCUT2D eigenvalue weighted by molar-refractivity contribution is 0.0702. The second-order valence-corrected chi connectivity index (χ2v) is 5.62. The predicted octanol–water partition coefficient (Wildman–Crippen LogP) is 1.50. The highest BCUT2D eigenvalue weighted by molar-refractivity contribution is 7.13. The first-order valence-electron chi connectivity index (χ1n) is 6.10. The Bertz CT molecular complexity index is 951. The molecule has 2 N–H and O–H groups in total. The minimum Gasteiger partial charge on any atom is -0.477 e. The fourth-order valence-electron chi connectivity index (χ4n) is 2.09.